The topological polar surface area (TPSA) is 20.2 Å². The number of thiophene rings is 1. The van der Waals surface area contributed by atoms with Gasteiger partial charge in [0.1, 0.15) is 5.82 Å². The summed E-state index contributed by atoms with van der Waals surface area (Å²) in [4.78, 5) is 1.29. The Hall–Kier alpha value is -0.900. The van der Waals surface area contributed by atoms with Gasteiger partial charge in [0.25, 0.3) is 0 Å². The van der Waals surface area contributed by atoms with Crippen molar-refractivity contribution in [1.29, 1.82) is 0 Å². The molecule has 0 fully saturated rings. The van der Waals surface area contributed by atoms with Crippen molar-refractivity contribution in [1.82, 2.24) is 0 Å². The van der Waals surface area contributed by atoms with E-state index in [1.54, 1.807) is 23.5 Å². The lowest BCUT2D eigenvalue weighted by atomic mass is 10.0. The number of aliphatic hydroxyl groups excluding tert-OH is 1. The Morgan fingerprint density at radius 1 is 1.33 bits per heavy atom. The molecule has 1 unspecified atom stereocenters. The van der Waals surface area contributed by atoms with Crippen molar-refractivity contribution in [3.63, 3.8) is 0 Å². The minimum atomic E-state index is -0.762. The predicted molar refractivity (Wildman–Crippen MR) is 73.6 cm³/mol. The second-order valence-corrected chi connectivity index (χ2v) is 5.62. The zero-order chi connectivity index (χ0) is 13.0. The van der Waals surface area contributed by atoms with Crippen molar-refractivity contribution in [3.8, 4) is 0 Å². The Balaban J connectivity index is 1.89. The van der Waals surface area contributed by atoms with Crippen LogP contribution in [0.3, 0.4) is 0 Å². The molecule has 0 aliphatic heterocycles. The third kappa shape index (κ3) is 3.55. The molecule has 2 rings (SSSR count). The van der Waals surface area contributed by atoms with E-state index >= 15 is 0 Å². The van der Waals surface area contributed by atoms with Gasteiger partial charge in [0.15, 0.2) is 0 Å². The molecule has 1 aromatic heterocycles. The van der Waals surface area contributed by atoms with E-state index in [2.05, 4.69) is 6.07 Å². The number of benzene rings is 1. The lowest BCUT2D eigenvalue weighted by Crippen LogP contribution is -2.01. The van der Waals surface area contributed by atoms with Crippen molar-refractivity contribution >= 4 is 22.9 Å². The van der Waals surface area contributed by atoms with Crippen LogP contribution in [0.25, 0.3) is 0 Å². The Labute approximate surface area is 115 Å². The van der Waals surface area contributed by atoms with Gasteiger partial charge in [0.2, 0.25) is 0 Å². The van der Waals surface area contributed by atoms with Crippen molar-refractivity contribution < 1.29 is 9.50 Å². The molecule has 1 atom stereocenters. The number of aliphatic hydroxyl groups is 1. The number of aryl methyl sites for hydroxylation is 1. The molecule has 0 saturated heterocycles. The third-order valence-electron chi connectivity index (χ3n) is 2.80. The summed E-state index contributed by atoms with van der Waals surface area (Å²) < 4.78 is 13.6. The van der Waals surface area contributed by atoms with E-state index in [9.17, 15) is 9.50 Å². The standard InChI is InChI=1S/C14H14ClFOS/c15-10-6-7-12(13(16)9-10)14(17)5-1-3-11-4-2-8-18-11/h2,4,6-9,14,17H,1,3,5H2. The highest BCUT2D eigenvalue weighted by atomic mass is 35.5. The molecule has 2 aromatic rings. The molecule has 0 amide bonds. The average Bonchev–Trinajstić information content (AvgIpc) is 2.81. The fourth-order valence-corrected chi connectivity index (χ4v) is 2.76. The smallest absolute Gasteiger partial charge is 0.130 e. The van der Waals surface area contributed by atoms with Crippen molar-refractivity contribution in [2.45, 2.75) is 25.4 Å². The number of rotatable bonds is 5. The molecule has 18 heavy (non-hydrogen) atoms. The molecule has 1 heterocycles. The minimum Gasteiger partial charge on any atom is -0.388 e. The van der Waals surface area contributed by atoms with Gasteiger partial charge in [-0.05, 0) is 42.8 Å². The molecule has 96 valence electrons. The second-order valence-electron chi connectivity index (χ2n) is 4.15. The zero-order valence-corrected chi connectivity index (χ0v) is 11.3. The van der Waals surface area contributed by atoms with Crippen LogP contribution in [-0.2, 0) is 6.42 Å². The van der Waals surface area contributed by atoms with Gasteiger partial charge < -0.3 is 5.11 Å². The summed E-state index contributed by atoms with van der Waals surface area (Å²) in [6.07, 6.45) is 1.55. The first-order valence-electron chi connectivity index (χ1n) is 5.82. The van der Waals surface area contributed by atoms with Gasteiger partial charge in [-0.3, -0.25) is 0 Å². The fraction of sp³-hybridized carbons (Fsp3) is 0.286. The molecule has 0 bridgehead atoms. The molecule has 1 nitrogen and oxygen atoms in total. The summed E-state index contributed by atoms with van der Waals surface area (Å²) in [5.74, 6) is -0.439. The molecule has 0 spiro atoms. The first kappa shape index (κ1) is 13.5. The number of halogens is 2. The van der Waals surface area contributed by atoms with Gasteiger partial charge in [-0.25, -0.2) is 4.39 Å². The van der Waals surface area contributed by atoms with Gasteiger partial charge >= 0.3 is 0 Å². The first-order chi connectivity index (χ1) is 8.66. The Kier molecular flexibility index (Phi) is 4.75. The van der Waals surface area contributed by atoms with Crippen LogP contribution in [0, 0.1) is 5.82 Å². The van der Waals surface area contributed by atoms with Crippen LogP contribution < -0.4 is 0 Å². The maximum Gasteiger partial charge on any atom is 0.130 e. The van der Waals surface area contributed by atoms with E-state index in [1.165, 1.54) is 10.9 Å². The Bertz CT molecular complexity index is 499. The maximum absolute atomic E-state index is 13.6. The molecule has 0 radical (unpaired) electrons. The van der Waals surface area contributed by atoms with Crippen LogP contribution in [0.2, 0.25) is 5.02 Å². The van der Waals surface area contributed by atoms with Crippen LogP contribution in [0.5, 0.6) is 0 Å². The highest BCUT2D eigenvalue weighted by Gasteiger charge is 2.12. The fourth-order valence-electron chi connectivity index (χ4n) is 1.85. The normalized spacial score (nSPS) is 12.6. The van der Waals surface area contributed by atoms with E-state index in [1.807, 2.05) is 11.4 Å². The maximum atomic E-state index is 13.6. The van der Waals surface area contributed by atoms with Gasteiger partial charge in [-0.1, -0.05) is 23.7 Å². The summed E-state index contributed by atoms with van der Waals surface area (Å²) in [6, 6.07) is 8.46. The Morgan fingerprint density at radius 2 is 2.17 bits per heavy atom. The molecule has 0 saturated carbocycles. The van der Waals surface area contributed by atoms with Crippen molar-refractivity contribution in [2.24, 2.45) is 0 Å². The van der Waals surface area contributed by atoms with Gasteiger partial charge in [-0.15, -0.1) is 11.3 Å². The first-order valence-corrected chi connectivity index (χ1v) is 7.08. The van der Waals surface area contributed by atoms with Gasteiger partial charge in [0.05, 0.1) is 6.10 Å². The van der Waals surface area contributed by atoms with Crippen LogP contribution in [0.4, 0.5) is 4.39 Å². The molecule has 0 aliphatic carbocycles. The summed E-state index contributed by atoms with van der Waals surface area (Å²) in [6.45, 7) is 0. The van der Waals surface area contributed by atoms with Crippen molar-refractivity contribution in [2.75, 3.05) is 0 Å². The van der Waals surface area contributed by atoms with E-state index in [-0.39, 0.29) is 0 Å². The van der Waals surface area contributed by atoms with Crippen molar-refractivity contribution in [3.05, 3.63) is 57.0 Å². The highest BCUT2D eigenvalue weighted by Crippen LogP contribution is 2.25. The molecule has 0 aliphatic rings. The molecule has 1 N–H and O–H groups in total. The van der Waals surface area contributed by atoms with E-state index in [4.69, 9.17) is 11.6 Å². The van der Waals surface area contributed by atoms with Gasteiger partial charge in [0, 0.05) is 15.5 Å². The van der Waals surface area contributed by atoms with Crippen LogP contribution >= 0.6 is 22.9 Å². The molecular formula is C14H14ClFOS. The van der Waals surface area contributed by atoms with E-state index in [0.29, 0.717) is 17.0 Å². The Morgan fingerprint density at radius 3 is 2.83 bits per heavy atom. The van der Waals surface area contributed by atoms with Crippen LogP contribution in [0.1, 0.15) is 29.4 Å². The lowest BCUT2D eigenvalue weighted by Gasteiger charge is -2.11. The summed E-state index contributed by atoms with van der Waals surface area (Å²) in [5.41, 5.74) is 0.325. The summed E-state index contributed by atoms with van der Waals surface area (Å²) >= 11 is 7.38. The molecule has 1 aromatic carbocycles. The lowest BCUT2D eigenvalue weighted by molar-refractivity contribution is 0.160. The average molecular weight is 285 g/mol. The second kappa shape index (κ2) is 6.32. The minimum absolute atomic E-state index is 0.325. The summed E-state index contributed by atoms with van der Waals surface area (Å²) in [5, 5.41) is 12.3. The molecule has 4 heteroatoms. The zero-order valence-electron chi connectivity index (χ0n) is 9.77. The summed E-state index contributed by atoms with van der Waals surface area (Å²) in [7, 11) is 0. The van der Waals surface area contributed by atoms with Crippen LogP contribution in [-0.4, -0.2) is 5.11 Å². The quantitative estimate of drug-likeness (QED) is 0.851. The third-order valence-corrected chi connectivity index (χ3v) is 3.97. The number of hydrogen-bond donors (Lipinski definition) is 1. The van der Waals surface area contributed by atoms with Crippen LogP contribution in [0.15, 0.2) is 35.7 Å². The SMILES string of the molecule is OC(CCCc1cccs1)c1ccc(Cl)cc1F. The largest absolute Gasteiger partial charge is 0.388 e. The highest BCUT2D eigenvalue weighted by molar-refractivity contribution is 7.09. The monoisotopic (exact) mass is 284 g/mol. The predicted octanol–water partition coefficient (Wildman–Crippen LogP) is 4.60. The number of hydrogen-bond acceptors (Lipinski definition) is 2. The molecular weight excluding hydrogens is 271 g/mol. The van der Waals surface area contributed by atoms with Gasteiger partial charge in [-0.2, -0.15) is 0 Å². The van der Waals surface area contributed by atoms with E-state index in [0.717, 1.165) is 12.8 Å². The van der Waals surface area contributed by atoms with E-state index < -0.39 is 11.9 Å².